The molecule has 0 bridgehead atoms. The molecule has 1 aromatic carbocycles. The molecule has 0 aromatic heterocycles. The SMILES string of the molecule is COc1cc(Br)ccc1C(=O)N(C)C(C)CCl. The quantitative estimate of drug-likeness (QED) is 0.798. The number of carbonyl (C=O) groups excluding carboxylic acids is 1. The first kappa shape index (κ1) is 14.3. The lowest BCUT2D eigenvalue weighted by molar-refractivity contribution is 0.0753. The Labute approximate surface area is 115 Å². The van der Waals surface area contributed by atoms with E-state index in [1.807, 2.05) is 13.0 Å². The van der Waals surface area contributed by atoms with Crippen LogP contribution in [-0.2, 0) is 0 Å². The minimum absolute atomic E-state index is 0.0162. The highest BCUT2D eigenvalue weighted by atomic mass is 79.9. The van der Waals surface area contributed by atoms with E-state index in [4.69, 9.17) is 16.3 Å². The topological polar surface area (TPSA) is 29.5 Å². The molecular formula is C12H15BrClNO2. The predicted molar refractivity (Wildman–Crippen MR) is 73.0 cm³/mol. The molecule has 1 amide bonds. The molecule has 1 rings (SSSR count). The van der Waals surface area contributed by atoms with Gasteiger partial charge in [0.05, 0.1) is 12.7 Å². The van der Waals surface area contributed by atoms with Gasteiger partial charge in [-0.2, -0.15) is 0 Å². The number of alkyl halides is 1. The summed E-state index contributed by atoms with van der Waals surface area (Å²) in [5, 5.41) is 0. The second kappa shape index (κ2) is 6.26. The monoisotopic (exact) mass is 319 g/mol. The van der Waals surface area contributed by atoms with E-state index in [0.29, 0.717) is 17.2 Å². The molecule has 5 heteroatoms. The van der Waals surface area contributed by atoms with Crippen LogP contribution in [-0.4, -0.2) is 36.9 Å². The highest BCUT2D eigenvalue weighted by molar-refractivity contribution is 9.10. The van der Waals surface area contributed by atoms with E-state index >= 15 is 0 Å². The molecule has 0 radical (unpaired) electrons. The van der Waals surface area contributed by atoms with Crippen LogP contribution in [0.4, 0.5) is 0 Å². The van der Waals surface area contributed by atoms with E-state index in [1.54, 1.807) is 31.2 Å². The third-order valence-electron chi connectivity index (χ3n) is 2.60. The lowest BCUT2D eigenvalue weighted by Gasteiger charge is -2.23. The average molecular weight is 321 g/mol. The van der Waals surface area contributed by atoms with Gasteiger partial charge in [0.1, 0.15) is 5.75 Å². The maximum absolute atomic E-state index is 12.2. The van der Waals surface area contributed by atoms with Crippen LogP contribution in [0, 0.1) is 0 Å². The van der Waals surface area contributed by atoms with E-state index in [0.717, 1.165) is 4.47 Å². The van der Waals surface area contributed by atoms with Crippen LogP contribution in [0.3, 0.4) is 0 Å². The molecule has 1 aromatic rings. The Morgan fingerprint density at radius 3 is 2.76 bits per heavy atom. The molecule has 0 aliphatic carbocycles. The van der Waals surface area contributed by atoms with Crippen LogP contribution >= 0.6 is 27.5 Å². The maximum Gasteiger partial charge on any atom is 0.257 e. The van der Waals surface area contributed by atoms with Gasteiger partial charge in [0.25, 0.3) is 5.91 Å². The lowest BCUT2D eigenvalue weighted by Crippen LogP contribution is -2.36. The fourth-order valence-electron chi connectivity index (χ4n) is 1.34. The first-order valence-corrected chi connectivity index (χ1v) is 6.50. The molecule has 0 aliphatic heterocycles. The molecule has 0 heterocycles. The highest BCUT2D eigenvalue weighted by Gasteiger charge is 2.20. The predicted octanol–water partition coefficient (Wildman–Crippen LogP) is 3.16. The van der Waals surface area contributed by atoms with Crippen molar-refractivity contribution in [2.24, 2.45) is 0 Å². The van der Waals surface area contributed by atoms with Crippen LogP contribution in [0.15, 0.2) is 22.7 Å². The van der Waals surface area contributed by atoms with E-state index in [2.05, 4.69) is 15.9 Å². The normalized spacial score (nSPS) is 12.1. The van der Waals surface area contributed by atoms with E-state index in [1.165, 1.54) is 0 Å². The van der Waals surface area contributed by atoms with Gasteiger partial charge >= 0.3 is 0 Å². The zero-order chi connectivity index (χ0) is 13.0. The zero-order valence-corrected chi connectivity index (χ0v) is 12.4. The average Bonchev–Trinajstić information content (AvgIpc) is 2.35. The van der Waals surface area contributed by atoms with Crippen molar-refractivity contribution in [1.82, 2.24) is 4.90 Å². The van der Waals surface area contributed by atoms with Crippen molar-refractivity contribution < 1.29 is 9.53 Å². The van der Waals surface area contributed by atoms with Crippen LogP contribution in [0.2, 0.25) is 0 Å². The maximum atomic E-state index is 12.2. The van der Waals surface area contributed by atoms with Crippen molar-refractivity contribution in [3.05, 3.63) is 28.2 Å². The molecule has 1 unspecified atom stereocenters. The summed E-state index contributed by atoms with van der Waals surface area (Å²) >= 11 is 9.08. The number of rotatable bonds is 4. The molecule has 0 N–H and O–H groups in total. The van der Waals surface area contributed by atoms with Gasteiger partial charge in [-0.25, -0.2) is 0 Å². The smallest absolute Gasteiger partial charge is 0.257 e. The van der Waals surface area contributed by atoms with Crippen molar-refractivity contribution in [1.29, 1.82) is 0 Å². The van der Waals surface area contributed by atoms with Gasteiger partial charge in [0.15, 0.2) is 0 Å². The molecular weight excluding hydrogens is 305 g/mol. The first-order chi connectivity index (χ1) is 8.01. The molecule has 0 aliphatic rings. The standard InChI is InChI=1S/C12H15BrClNO2/c1-8(7-14)15(2)12(16)10-5-4-9(13)6-11(10)17-3/h4-6,8H,7H2,1-3H3. The number of halogens is 2. The van der Waals surface area contributed by atoms with Crippen molar-refractivity contribution in [3.8, 4) is 5.75 Å². The van der Waals surface area contributed by atoms with Crippen LogP contribution in [0.25, 0.3) is 0 Å². The Kier molecular flexibility index (Phi) is 5.28. The Bertz CT molecular complexity index is 411. The van der Waals surface area contributed by atoms with Crippen LogP contribution in [0.1, 0.15) is 17.3 Å². The van der Waals surface area contributed by atoms with Crippen molar-refractivity contribution >= 4 is 33.4 Å². The second-order valence-electron chi connectivity index (χ2n) is 3.76. The molecule has 17 heavy (non-hydrogen) atoms. The summed E-state index contributed by atoms with van der Waals surface area (Å²) in [6, 6.07) is 5.31. The minimum atomic E-state index is -0.0949. The highest BCUT2D eigenvalue weighted by Crippen LogP contribution is 2.25. The summed E-state index contributed by atoms with van der Waals surface area (Å²) in [7, 11) is 3.28. The number of carbonyl (C=O) groups is 1. The number of methoxy groups -OCH3 is 1. The van der Waals surface area contributed by atoms with Gasteiger partial charge in [-0.15, -0.1) is 11.6 Å². The number of hydrogen-bond donors (Lipinski definition) is 0. The van der Waals surface area contributed by atoms with Crippen molar-refractivity contribution in [2.45, 2.75) is 13.0 Å². The molecule has 94 valence electrons. The minimum Gasteiger partial charge on any atom is -0.496 e. The Morgan fingerprint density at radius 2 is 2.24 bits per heavy atom. The third kappa shape index (κ3) is 3.36. The van der Waals surface area contributed by atoms with E-state index in [9.17, 15) is 4.79 Å². The number of amides is 1. The summed E-state index contributed by atoms with van der Waals surface area (Å²) in [5.41, 5.74) is 0.537. The first-order valence-electron chi connectivity index (χ1n) is 5.18. The molecule has 0 fully saturated rings. The fourth-order valence-corrected chi connectivity index (χ4v) is 1.88. The number of hydrogen-bond acceptors (Lipinski definition) is 2. The number of benzene rings is 1. The lowest BCUT2D eigenvalue weighted by atomic mass is 10.1. The molecule has 0 saturated carbocycles. The van der Waals surface area contributed by atoms with Crippen LogP contribution in [0.5, 0.6) is 5.75 Å². The summed E-state index contributed by atoms with van der Waals surface area (Å²) < 4.78 is 6.07. The summed E-state index contributed by atoms with van der Waals surface area (Å²) in [6.07, 6.45) is 0. The largest absolute Gasteiger partial charge is 0.496 e. The summed E-state index contributed by atoms with van der Waals surface area (Å²) in [6.45, 7) is 1.90. The molecule has 0 spiro atoms. The Morgan fingerprint density at radius 1 is 1.59 bits per heavy atom. The number of ether oxygens (including phenoxy) is 1. The Balaban J connectivity index is 3.03. The van der Waals surface area contributed by atoms with Gasteiger partial charge in [0, 0.05) is 23.4 Å². The van der Waals surface area contributed by atoms with Crippen molar-refractivity contribution in [2.75, 3.05) is 20.0 Å². The van der Waals surface area contributed by atoms with Gasteiger partial charge < -0.3 is 9.64 Å². The van der Waals surface area contributed by atoms with E-state index in [-0.39, 0.29) is 11.9 Å². The summed E-state index contributed by atoms with van der Waals surface area (Å²) in [5.74, 6) is 0.863. The summed E-state index contributed by atoms with van der Waals surface area (Å²) in [4.78, 5) is 13.8. The molecule has 0 saturated heterocycles. The van der Waals surface area contributed by atoms with Crippen LogP contribution < -0.4 is 4.74 Å². The molecule has 3 nitrogen and oxygen atoms in total. The zero-order valence-electron chi connectivity index (χ0n) is 10.0. The van der Waals surface area contributed by atoms with Gasteiger partial charge in [-0.05, 0) is 25.1 Å². The number of nitrogens with zero attached hydrogens (tertiary/aromatic N) is 1. The van der Waals surface area contributed by atoms with Gasteiger partial charge in [0.2, 0.25) is 0 Å². The second-order valence-corrected chi connectivity index (χ2v) is 4.99. The van der Waals surface area contributed by atoms with Gasteiger partial charge in [-0.3, -0.25) is 4.79 Å². The fraction of sp³-hybridized carbons (Fsp3) is 0.417. The third-order valence-corrected chi connectivity index (χ3v) is 3.54. The van der Waals surface area contributed by atoms with E-state index < -0.39 is 0 Å². The van der Waals surface area contributed by atoms with Crippen molar-refractivity contribution in [3.63, 3.8) is 0 Å². The molecule has 1 atom stereocenters. The Hall–Kier alpha value is -0.740. The van der Waals surface area contributed by atoms with Gasteiger partial charge in [-0.1, -0.05) is 15.9 Å².